The zero-order valence-corrected chi connectivity index (χ0v) is 8.31. The SMILES string of the molecule is CC(C)(C)c1cc(N)nc(Cl)c1. The maximum absolute atomic E-state index is 5.77. The molecule has 0 aliphatic rings. The molecule has 0 aliphatic carbocycles. The molecule has 0 saturated heterocycles. The summed E-state index contributed by atoms with van der Waals surface area (Å²) in [5, 5.41) is 0.458. The smallest absolute Gasteiger partial charge is 0.131 e. The maximum Gasteiger partial charge on any atom is 0.131 e. The lowest BCUT2D eigenvalue weighted by Gasteiger charge is -2.19. The molecule has 0 saturated carbocycles. The fourth-order valence-corrected chi connectivity index (χ4v) is 1.17. The lowest BCUT2D eigenvalue weighted by Crippen LogP contribution is -2.11. The van der Waals surface area contributed by atoms with Gasteiger partial charge in [-0.15, -0.1) is 0 Å². The van der Waals surface area contributed by atoms with Gasteiger partial charge in [-0.2, -0.15) is 0 Å². The van der Waals surface area contributed by atoms with Crippen LogP contribution in [-0.4, -0.2) is 4.98 Å². The van der Waals surface area contributed by atoms with Gasteiger partial charge in [0.25, 0.3) is 0 Å². The molecular weight excluding hydrogens is 172 g/mol. The number of aromatic nitrogens is 1. The second-order valence-electron chi connectivity index (χ2n) is 3.85. The van der Waals surface area contributed by atoms with Crippen molar-refractivity contribution in [2.45, 2.75) is 26.2 Å². The number of anilines is 1. The number of halogens is 1. The van der Waals surface area contributed by atoms with Crippen molar-refractivity contribution >= 4 is 17.4 Å². The Balaban J connectivity index is 3.18. The van der Waals surface area contributed by atoms with E-state index in [4.69, 9.17) is 17.3 Å². The number of pyridine rings is 1. The largest absolute Gasteiger partial charge is 0.384 e. The van der Waals surface area contributed by atoms with Crippen LogP contribution >= 0.6 is 11.6 Å². The zero-order valence-electron chi connectivity index (χ0n) is 7.56. The van der Waals surface area contributed by atoms with Crippen LogP contribution in [0.25, 0.3) is 0 Å². The highest BCUT2D eigenvalue weighted by Crippen LogP contribution is 2.25. The molecule has 1 heterocycles. The quantitative estimate of drug-likeness (QED) is 0.630. The lowest BCUT2D eigenvalue weighted by molar-refractivity contribution is 0.590. The van der Waals surface area contributed by atoms with Crippen LogP contribution in [0.15, 0.2) is 12.1 Å². The summed E-state index contributed by atoms with van der Waals surface area (Å²) < 4.78 is 0. The van der Waals surface area contributed by atoms with E-state index in [1.165, 1.54) is 0 Å². The van der Waals surface area contributed by atoms with Crippen LogP contribution in [-0.2, 0) is 5.41 Å². The van der Waals surface area contributed by atoms with Gasteiger partial charge >= 0.3 is 0 Å². The molecule has 66 valence electrons. The van der Waals surface area contributed by atoms with Crippen LogP contribution in [0.5, 0.6) is 0 Å². The van der Waals surface area contributed by atoms with Crippen molar-refractivity contribution < 1.29 is 0 Å². The number of rotatable bonds is 0. The van der Waals surface area contributed by atoms with Crippen molar-refractivity contribution in [1.29, 1.82) is 0 Å². The Morgan fingerprint density at radius 3 is 2.33 bits per heavy atom. The van der Waals surface area contributed by atoms with Crippen molar-refractivity contribution in [2.75, 3.05) is 5.73 Å². The van der Waals surface area contributed by atoms with Crippen LogP contribution in [0.4, 0.5) is 5.82 Å². The summed E-state index contributed by atoms with van der Waals surface area (Å²) in [7, 11) is 0. The van der Waals surface area contributed by atoms with Crippen molar-refractivity contribution in [3.05, 3.63) is 22.8 Å². The van der Waals surface area contributed by atoms with Gasteiger partial charge in [-0.05, 0) is 23.1 Å². The second-order valence-corrected chi connectivity index (χ2v) is 4.24. The Labute approximate surface area is 77.8 Å². The van der Waals surface area contributed by atoms with E-state index in [9.17, 15) is 0 Å². The van der Waals surface area contributed by atoms with Crippen LogP contribution in [0.1, 0.15) is 26.3 Å². The van der Waals surface area contributed by atoms with Crippen molar-refractivity contribution in [2.24, 2.45) is 0 Å². The van der Waals surface area contributed by atoms with Gasteiger partial charge in [0.1, 0.15) is 11.0 Å². The lowest BCUT2D eigenvalue weighted by atomic mass is 9.88. The Kier molecular flexibility index (Phi) is 2.29. The highest BCUT2D eigenvalue weighted by molar-refractivity contribution is 6.29. The van der Waals surface area contributed by atoms with Crippen molar-refractivity contribution in [1.82, 2.24) is 4.98 Å². The third-order valence-electron chi connectivity index (χ3n) is 1.68. The van der Waals surface area contributed by atoms with E-state index in [1.807, 2.05) is 12.1 Å². The summed E-state index contributed by atoms with van der Waals surface area (Å²) in [6.07, 6.45) is 0. The van der Waals surface area contributed by atoms with Gasteiger partial charge in [-0.3, -0.25) is 0 Å². The van der Waals surface area contributed by atoms with E-state index >= 15 is 0 Å². The summed E-state index contributed by atoms with van der Waals surface area (Å²) in [6, 6.07) is 3.70. The molecule has 0 aromatic carbocycles. The minimum absolute atomic E-state index is 0.0701. The van der Waals surface area contributed by atoms with Crippen molar-refractivity contribution in [3.8, 4) is 0 Å². The molecule has 0 fully saturated rings. The predicted octanol–water partition coefficient (Wildman–Crippen LogP) is 2.61. The molecule has 2 nitrogen and oxygen atoms in total. The number of nitrogen functional groups attached to an aromatic ring is 1. The molecule has 0 bridgehead atoms. The molecular formula is C9H13ClN2. The second kappa shape index (κ2) is 2.94. The average molecular weight is 185 g/mol. The summed E-state index contributed by atoms with van der Waals surface area (Å²) >= 11 is 5.77. The van der Waals surface area contributed by atoms with E-state index in [0.29, 0.717) is 11.0 Å². The van der Waals surface area contributed by atoms with Gasteiger partial charge in [0.15, 0.2) is 0 Å². The third kappa shape index (κ3) is 2.11. The molecule has 0 radical (unpaired) electrons. The fraction of sp³-hybridized carbons (Fsp3) is 0.444. The number of nitrogens with zero attached hydrogens (tertiary/aromatic N) is 1. The fourth-order valence-electron chi connectivity index (χ4n) is 0.950. The summed E-state index contributed by atoms with van der Waals surface area (Å²) in [5.41, 5.74) is 6.74. The summed E-state index contributed by atoms with van der Waals surface area (Å²) in [5.74, 6) is 0.479. The van der Waals surface area contributed by atoms with E-state index in [1.54, 1.807) is 0 Å². The highest BCUT2D eigenvalue weighted by atomic mass is 35.5. The topological polar surface area (TPSA) is 38.9 Å². The van der Waals surface area contributed by atoms with Gasteiger partial charge in [-0.1, -0.05) is 32.4 Å². The van der Waals surface area contributed by atoms with E-state index in [-0.39, 0.29) is 5.41 Å². The molecule has 2 N–H and O–H groups in total. The monoisotopic (exact) mass is 184 g/mol. The van der Waals surface area contributed by atoms with E-state index in [0.717, 1.165) is 5.56 Å². The van der Waals surface area contributed by atoms with Gasteiger partial charge < -0.3 is 5.73 Å². The molecule has 0 spiro atoms. The first kappa shape index (κ1) is 9.33. The van der Waals surface area contributed by atoms with Crippen molar-refractivity contribution in [3.63, 3.8) is 0 Å². The zero-order chi connectivity index (χ0) is 9.35. The van der Waals surface area contributed by atoms with Gasteiger partial charge in [0, 0.05) is 0 Å². The summed E-state index contributed by atoms with van der Waals surface area (Å²) in [4.78, 5) is 3.89. The Hall–Kier alpha value is -0.760. The van der Waals surface area contributed by atoms with Crippen LogP contribution < -0.4 is 5.73 Å². The Morgan fingerprint density at radius 1 is 1.33 bits per heavy atom. The molecule has 0 amide bonds. The van der Waals surface area contributed by atoms with Crippen LogP contribution in [0.3, 0.4) is 0 Å². The number of hydrogen-bond acceptors (Lipinski definition) is 2. The van der Waals surface area contributed by atoms with E-state index in [2.05, 4.69) is 25.8 Å². The minimum Gasteiger partial charge on any atom is -0.384 e. The Morgan fingerprint density at radius 2 is 1.92 bits per heavy atom. The third-order valence-corrected chi connectivity index (χ3v) is 1.87. The first-order valence-corrected chi connectivity index (χ1v) is 4.21. The predicted molar refractivity (Wildman–Crippen MR) is 52.4 cm³/mol. The molecule has 0 aliphatic heterocycles. The van der Waals surface area contributed by atoms with Gasteiger partial charge in [-0.25, -0.2) is 4.98 Å². The normalized spacial score (nSPS) is 11.7. The standard InChI is InChI=1S/C9H13ClN2/c1-9(2,3)6-4-7(10)12-8(11)5-6/h4-5H,1-3H3,(H2,11,12). The number of hydrogen-bond donors (Lipinski definition) is 1. The van der Waals surface area contributed by atoms with Gasteiger partial charge in [0.05, 0.1) is 0 Å². The molecule has 12 heavy (non-hydrogen) atoms. The Bertz CT molecular complexity index is 269. The molecule has 1 aromatic heterocycles. The first-order valence-electron chi connectivity index (χ1n) is 3.83. The first-order chi connectivity index (χ1) is 5.39. The molecule has 3 heteroatoms. The number of nitrogens with two attached hydrogens (primary N) is 1. The highest BCUT2D eigenvalue weighted by Gasteiger charge is 2.14. The molecule has 0 atom stereocenters. The molecule has 1 rings (SSSR count). The van der Waals surface area contributed by atoms with Crippen LogP contribution in [0.2, 0.25) is 5.15 Å². The van der Waals surface area contributed by atoms with Gasteiger partial charge in [0.2, 0.25) is 0 Å². The molecule has 1 aromatic rings. The summed E-state index contributed by atoms with van der Waals surface area (Å²) in [6.45, 7) is 6.33. The molecule has 0 unspecified atom stereocenters. The average Bonchev–Trinajstić information content (AvgIpc) is 1.82. The minimum atomic E-state index is 0.0701. The van der Waals surface area contributed by atoms with E-state index < -0.39 is 0 Å². The maximum atomic E-state index is 5.77. The van der Waals surface area contributed by atoms with Crippen LogP contribution in [0, 0.1) is 0 Å².